The minimum Gasteiger partial charge on any atom is -0.481 e. The van der Waals surface area contributed by atoms with Crippen molar-refractivity contribution in [2.75, 3.05) is 6.54 Å². The molecule has 3 unspecified atom stereocenters. The first-order valence-corrected chi connectivity index (χ1v) is 5.28. The van der Waals surface area contributed by atoms with Crippen LogP contribution in [0.4, 0.5) is 0 Å². The molecule has 3 atom stereocenters. The van der Waals surface area contributed by atoms with Gasteiger partial charge in [0.05, 0.1) is 5.41 Å². The SMILES string of the molecule is O=C(O)C1NCC2CCCCC21C(=O)O. The molecular weight excluding hydrogens is 198 g/mol. The molecule has 0 spiro atoms. The van der Waals surface area contributed by atoms with Gasteiger partial charge in [-0.25, -0.2) is 0 Å². The van der Waals surface area contributed by atoms with Gasteiger partial charge in [-0.15, -0.1) is 0 Å². The number of carbonyl (C=O) groups is 2. The van der Waals surface area contributed by atoms with Crippen molar-refractivity contribution in [2.45, 2.75) is 31.7 Å². The van der Waals surface area contributed by atoms with E-state index in [1.807, 2.05) is 0 Å². The molecule has 1 aliphatic carbocycles. The molecule has 2 rings (SSSR count). The summed E-state index contributed by atoms with van der Waals surface area (Å²) in [7, 11) is 0. The van der Waals surface area contributed by atoms with E-state index in [0.717, 1.165) is 19.3 Å². The lowest BCUT2D eigenvalue weighted by molar-refractivity contribution is -0.161. The number of carboxylic acid groups (broad SMARTS) is 2. The molecule has 0 bridgehead atoms. The molecule has 1 saturated carbocycles. The minimum atomic E-state index is -1.07. The van der Waals surface area contributed by atoms with Gasteiger partial charge < -0.3 is 15.5 Å². The van der Waals surface area contributed by atoms with Crippen LogP contribution in [-0.2, 0) is 9.59 Å². The highest BCUT2D eigenvalue weighted by molar-refractivity contribution is 5.87. The second-order valence-corrected chi connectivity index (χ2v) is 4.47. The van der Waals surface area contributed by atoms with Crippen molar-refractivity contribution < 1.29 is 19.8 Å². The molecule has 0 aromatic heterocycles. The molecule has 0 aromatic carbocycles. The first kappa shape index (κ1) is 10.4. The maximum Gasteiger partial charge on any atom is 0.321 e. The van der Waals surface area contributed by atoms with E-state index >= 15 is 0 Å². The molecule has 3 N–H and O–H groups in total. The van der Waals surface area contributed by atoms with Crippen molar-refractivity contribution in [3.05, 3.63) is 0 Å². The van der Waals surface area contributed by atoms with E-state index in [-0.39, 0.29) is 5.92 Å². The second-order valence-electron chi connectivity index (χ2n) is 4.47. The van der Waals surface area contributed by atoms with Crippen LogP contribution in [0.25, 0.3) is 0 Å². The van der Waals surface area contributed by atoms with E-state index in [1.165, 1.54) is 0 Å². The largest absolute Gasteiger partial charge is 0.481 e. The molecular formula is C10H15NO4. The number of aliphatic carboxylic acids is 2. The van der Waals surface area contributed by atoms with Crippen LogP contribution < -0.4 is 5.32 Å². The third kappa shape index (κ3) is 1.33. The Bertz CT molecular complexity index is 304. The van der Waals surface area contributed by atoms with Crippen molar-refractivity contribution in [3.63, 3.8) is 0 Å². The van der Waals surface area contributed by atoms with Gasteiger partial charge >= 0.3 is 11.9 Å². The molecule has 0 aromatic rings. The Morgan fingerprint density at radius 2 is 2.00 bits per heavy atom. The molecule has 2 aliphatic rings. The molecule has 1 saturated heterocycles. The molecule has 5 nitrogen and oxygen atoms in total. The highest BCUT2D eigenvalue weighted by Crippen LogP contribution is 2.47. The molecule has 2 fully saturated rings. The van der Waals surface area contributed by atoms with E-state index in [0.29, 0.717) is 13.0 Å². The van der Waals surface area contributed by atoms with Gasteiger partial charge in [0.15, 0.2) is 0 Å². The molecule has 1 heterocycles. The van der Waals surface area contributed by atoms with Gasteiger partial charge in [-0.05, 0) is 25.3 Å². The normalized spacial score (nSPS) is 39.7. The van der Waals surface area contributed by atoms with E-state index in [4.69, 9.17) is 5.11 Å². The van der Waals surface area contributed by atoms with Crippen LogP contribution in [0.3, 0.4) is 0 Å². The van der Waals surface area contributed by atoms with Crippen molar-refractivity contribution in [1.29, 1.82) is 0 Å². The summed E-state index contributed by atoms with van der Waals surface area (Å²) in [6.45, 7) is 0.517. The quantitative estimate of drug-likeness (QED) is 0.614. The van der Waals surface area contributed by atoms with Gasteiger partial charge in [0.1, 0.15) is 6.04 Å². The standard InChI is InChI=1S/C10H15NO4/c12-8(13)7-10(9(14)15)4-2-1-3-6(10)5-11-7/h6-7,11H,1-5H2,(H,12,13)(H,14,15). The fraction of sp³-hybridized carbons (Fsp3) is 0.800. The van der Waals surface area contributed by atoms with E-state index in [1.54, 1.807) is 0 Å². The first-order chi connectivity index (χ1) is 7.09. The molecule has 0 amide bonds. The van der Waals surface area contributed by atoms with Crippen LogP contribution in [-0.4, -0.2) is 34.7 Å². The zero-order chi connectivity index (χ0) is 11.1. The van der Waals surface area contributed by atoms with Crippen LogP contribution in [0.15, 0.2) is 0 Å². The zero-order valence-corrected chi connectivity index (χ0v) is 8.40. The highest BCUT2D eigenvalue weighted by atomic mass is 16.4. The van der Waals surface area contributed by atoms with Gasteiger partial charge in [0.25, 0.3) is 0 Å². The Morgan fingerprint density at radius 3 is 2.60 bits per heavy atom. The minimum absolute atomic E-state index is 0.0233. The van der Waals surface area contributed by atoms with E-state index in [2.05, 4.69) is 5.32 Å². The lowest BCUT2D eigenvalue weighted by Crippen LogP contribution is -2.51. The number of nitrogens with one attached hydrogen (secondary N) is 1. The maximum atomic E-state index is 11.4. The van der Waals surface area contributed by atoms with Gasteiger partial charge in [0.2, 0.25) is 0 Å². The first-order valence-electron chi connectivity index (χ1n) is 5.28. The molecule has 1 aliphatic heterocycles. The Kier molecular flexibility index (Phi) is 2.42. The summed E-state index contributed by atoms with van der Waals surface area (Å²) in [5.41, 5.74) is -1.07. The average Bonchev–Trinajstić information content (AvgIpc) is 2.57. The number of hydrogen-bond donors (Lipinski definition) is 3. The van der Waals surface area contributed by atoms with Crippen LogP contribution in [0, 0.1) is 11.3 Å². The van der Waals surface area contributed by atoms with Gasteiger partial charge in [0, 0.05) is 0 Å². The smallest absolute Gasteiger partial charge is 0.321 e. The Hall–Kier alpha value is -1.10. The molecule has 15 heavy (non-hydrogen) atoms. The summed E-state index contributed by atoms with van der Waals surface area (Å²) < 4.78 is 0. The fourth-order valence-electron chi connectivity index (χ4n) is 3.09. The van der Waals surface area contributed by atoms with Gasteiger partial charge in [-0.3, -0.25) is 9.59 Å². The van der Waals surface area contributed by atoms with Crippen LogP contribution in [0.5, 0.6) is 0 Å². The Morgan fingerprint density at radius 1 is 1.27 bits per heavy atom. The third-order valence-corrected chi connectivity index (χ3v) is 3.85. The monoisotopic (exact) mass is 213 g/mol. The summed E-state index contributed by atoms with van der Waals surface area (Å²) in [6.07, 6.45) is 3.13. The van der Waals surface area contributed by atoms with Crippen molar-refractivity contribution in [2.24, 2.45) is 11.3 Å². The third-order valence-electron chi connectivity index (χ3n) is 3.85. The molecule has 5 heteroatoms. The molecule has 0 radical (unpaired) electrons. The highest BCUT2D eigenvalue weighted by Gasteiger charge is 2.59. The predicted octanol–water partition coefficient (Wildman–Crippen LogP) is 0.304. The maximum absolute atomic E-state index is 11.4. The van der Waals surface area contributed by atoms with Gasteiger partial charge in [-0.1, -0.05) is 12.8 Å². The second kappa shape index (κ2) is 3.48. The van der Waals surface area contributed by atoms with Crippen LogP contribution >= 0.6 is 0 Å². The summed E-state index contributed by atoms with van der Waals surface area (Å²) in [5, 5.41) is 21.2. The fourth-order valence-corrected chi connectivity index (χ4v) is 3.09. The van der Waals surface area contributed by atoms with Crippen LogP contribution in [0.2, 0.25) is 0 Å². The summed E-state index contributed by atoms with van der Waals surface area (Å²) in [4.78, 5) is 22.4. The topological polar surface area (TPSA) is 86.6 Å². The number of fused-ring (bicyclic) bond motifs is 1. The summed E-state index contributed by atoms with van der Waals surface area (Å²) >= 11 is 0. The number of carboxylic acids is 2. The Balaban J connectivity index is 2.36. The van der Waals surface area contributed by atoms with Crippen LogP contribution in [0.1, 0.15) is 25.7 Å². The Labute approximate surface area is 87.5 Å². The summed E-state index contributed by atoms with van der Waals surface area (Å²) in [5.74, 6) is -2.02. The predicted molar refractivity (Wildman–Crippen MR) is 51.5 cm³/mol. The van der Waals surface area contributed by atoms with E-state index < -0.39 is 23.4 Å². The van der Waals surface area contributed by atoms with Crippen molar-refractivity contribution in [1.82, 2.24) is 5.32 Å². The van der Waals surface area contributed by atoms with Crippen molar-refractivity contribution >= 4 is 11.9 Å². The average molecular weight is 213 g/mol. The number of hydrogen-bond acceptors (Lipinski definition) is 3. The van der Waals surface area contributed by atoms with E-state index in [9.17, 15) is 14.7 Å². The summed E-state index contributed by atoms with van der Waals surface area (Å²) in [6, 6.07) is -0.916. The lowest BCUT2D eigenvalue weighted by atomic mass is 9.65. The number of rotatable bonds is 2. The van der Waals surface area contributed by atoms with Crippen molar-refractivity contribution in [3.8, 4) is 0 Å². The zero-order valence-electron chi connectivity index (χ0n) is 8.40. The lowest BCUT2D eigenvalue weighted by Gasteiger charge is -2.37. The molecule has 84 valence electrons. The van der Waals surface area contributed by atoms with Gasteiger partial charge in [-0.2, -0.15) is 0 Å².